The first kappa shape index (κ1) is 12.0. The summed E-state index contributed by atoms with van der Waals surface area (Å²) in [5, 5.41) is 8.88. The van der Waals surface area contributed by atoms with Crippen LogP contribution < -0.4 is 0 Å². The smallest absolute Gasteiger partial charge is 0.326 e. The number of aliphatic carboxylic acids is 1. The SMILES string of the molecule is CCOCCC(=O)N1CCCC1C(=O)O. The lowest BCUT2D eigenvalue weighted by Crippen LogP contribution is -2.40. The Hall–Kier alpha value is -1.10. The molecular weight excluding hydrogens is 198 g/mol. The van der Waals surface area contributed by atoms with Crippen molar-refractivity contribution in [3.05, 3.63) is 0 Å². The van der Waals surface area contributed by atoms with Gasteiger partial charge in [-0.2, -0.15) is 0 Å². The van der Waals surface area contributed by atoms with Gasteiger partial charge in [-0.25, -0.2) is 4.79 Å². The third-order valence-electron chi connectivity index (χ3n) is 2.52. The van der Waals surface area contributed by atoms with Gasteiger partial charge in [-0.1, -0.05) is 0 Å². The molecule has 1 aliphatic heterocycles. The minimum absolute atomic E-state index is 0.117. The summed E-state index contributed by atoms with van der Waals surface area (Å²) >= 11 is 0. The molecule has 1 amide bonds. The first-order chi connectivity index (χ1) is 7.16. The van der Waals surface area contributed by atoms with Crippen LogP contribution in [0.3, 0.4) is 0 Å². The fourth-order valence-electron chi connectivity index (χ4n) is 1.77. The number of rotatable bonds is 5. The van der Waals surface area contributed by atoms with Gasteiger partial charge in [0, 0.05) is 13.2 Å². The van der Waals surface area contributed by atoms with E-state index in [4.69, 9.17) is 9.84 Å². The van der Waals surface area contributed by atoms with Crippen molar-refractivity contribution in [3.8, 4) is 0 Å². The minimum atomic E-state index is -0.905. The number of amides is 1. The lowest BCUT2D eigenvalue weighted by molar-refractivity contribution is -0.148. The standard InChI is InChI=1S/C10H17NO4/c1-2-15-7-5-9(12)11-6-3-4-8(11)10(13)14/h8H,2-7H2,1H3,(H,13,14). The molecule has 1 aliphatic rings. The molecule has 1 fully saturated rings. The van der Waals surface area contributed by atoms with Crippen molar-refractivity contribution in [2.45, 2.75) is 32.2 Å². The van der Waals surface area contributed by atoms with Gasteiger partial charge >= 0.3 is 5.97 Å². The van der Waals surface area contributed by atoms with Gasteiger partial charge in [0.1, 0.15) is 6.04 Å². The van der Waals surface area contributed by atoms with E-state index in [0.717, 1.165) is 6.42 Å². The van der Waals surface area contributed by atoms with E-state index in [1.54, 1.807) is 0 Å². The second-order valence-corrected chi connectivity index (χ2v) is 3.53. The quantitative estimate of drug-likeness (QED) is 0.678. The number of carboxylic acids is 1. The zero-order valence-corrected chi connectivity index (χ0v) is 8.94. The molecule has 15 heavy (non-hydrogen) atoms. The normalized spacial score (nSPS) is 20.6. The Morgan fingerprint density at radius 3 is 2.87 bits per heavy atom. The summed E-state index contributed by atoms with van der Waals surface area (Å²) in [4.78, 5) is 23.9. The van der Waals surface area contributed by atoms with E-state index in [1.807, 2.05) is 6.92 Å². The highest BCUT2D eigenvalue weighted by molar-refractivity contribution is 5.84. The number of nitrogens with zero attached hydrogens (tertiary/aromatic N) is 1. The minimum Gasteiger partial charge on any atom is -0.480 e. The summed E-state index contributed by atoms with van der Waals surface area (Å²) < 4.78 is 5.06. The molecule has 1 saturated heterocycles. The molecule has 1 unspecified atom stereocenters. The number of carboxylic acid groups (broad SMARTS) is 1. The fourth-order valence-corrected chi connectivity index (χ4v) is 1.77. The van der Waals surface area contributed by atoms with E-state index >= 15 is 0 Å². The first-order valence-corrected chi connectivity index (χ1v) is 5.26. The van der Waals surface area contributed by atoms with Crippen molar-refractivity contribution < 1.29 is 19.4 Å². The molecule has 0 aromatic rings. The second-order valence-electron chi connectivity index (χ2n) is 3.53. The van der Waals surface area contributed by atoms with E-state index < -0.39 is 12.0 Å². The van der Waals surface area contributed by atoms with Crippen LogP contribution in [0, 0.1) is 0 Å². The molecule has 0 saturated carbocycles. The molecule has 0 radical (unpaired) electrons. The van der Waals surface area contributed by atoms with Crippen molar-refractivity contribution in [2.24, 2.45) is 0 Å². The molecule has 1 rings (SSSR count). The van der Waals surface area contributed by atoms with Crippen LogP contribution in [0.4, 0.5) is 0 Å². The number of hydrogen-bond donors (Lipinski definition) is 1. The molecule has 1 atom stereocenters. The average Bonchev–Trinajstić information content (AvgIpc) is 2.66. The molecule has 1 heterocycles. The van der Waals surface area contributed by atoms with Gasteiger partial charge in [0.2, 0.25) is 5.91 Å². The van der Waals surface area contributed by atoms with Crippen LogP contribution in [0.2, 0.25) is 0 Å². The number of likely N-dealkylation sites (tertiary alicyclic amines) is 1. The third kappa shape index (κ3) is 3.20. The summed E-state index contributed by atoms with van der Waals surface area (Å²) in [6, 6.07) is -0.626. The van der Waals surface area contributed by atoms with Crippen molar-refractivity contribution >= 4 is 11.9 Å². The monoisotopic (exact) mass is 215 g/mol. The molecule has 0 bridgehead atoms. The zero-order valence-electron chi connectivity index (χ0n) is 8.94. The Bertz CT molecular complexity index is 242. The number of hydrogen-bond acceptors (Lipinski definition) is 3. The summed E-state index contributed by atoms with van der Waals surface area (Å²) in [5.74, 6) is -1.02. The number of carbonyl (C=O) groups excluding carboxylic acids is 1. The predicted molar refractivity (Wildman–Crippen MR) is 53.5 cm³/mol. The van der Waals surface area contributed by atoms with Gasteiger partial charge in [-0.3, -0.25) is 4.79 Å². The van der Waals surface area contributed by atoms with Crippen molar-refractivity contribution in [1.82, 2.24) is 4.90 Å². The summed E-state index contributed by atoms with van der Waals surface area (Å²) in [5.41, 5.74) is 0. The van der Waals surface area contributed by atoms with E-state index in [9.17, 15) is 9.59 Å². The number of ether oxygens (including phenoxy) is 1. The Kier molecular flexibility index (Phi) is 4.55. The Morgan fingerprint density at radius 2 is 2.27 bits per heavy atom. The van der Waals surface area contributed by atoms with Crippen LogP contribution in [-0.4, -0.2) is 47.7 Å². The van der Waals surface area contributed by atoms with Gasteiger partial charge in [0.15, 0.2) is 0 Å². The van der Waals surface area contributed by atoms with Crippen LogP contribution in [0.5, 0.6) is 0 Å². The maximum Gasteiger partial charge on any atom is 0.326 e. The molecule has 0 aromatic carbocycles. The lowest BCUT2D eigenvalue weighted by atomic mass is 10.2. The van der Waals surface area contributed by atoms with Gasteiger partial charge in [-0.15, -0.1) is 0 Å². The molecule has 1 N–H and O–H groups in total. The van der Waals surface area contributed by atoms with Gasteiger partial charge in [0.25, 0.3) is 0 Å². The van der Waals surface area contributed by atoms with E-state index in [1.165, 1.54) is 4.90 Å². The van der Waals surface area contributed by atoms with Crippen LogP contribution in [-0.2, 0) is 14.3 Å². The van der Waals surface area contributed by atoms with Crippen molar-refractivity contribution in [1.29, 1.82) is 0 Å². The van der Waals surface area contributed by atoms with Crippen molar-refractivity contribution in [3.63, 3.8) is 0 Å². The Labute approximate surface area is 89.0 Å². The lowest BCUT2D eigenvalue weighted by Gasteiger charge is -2.21. The Balaban J connectivity index is 2.40. The predicted octanol–water partition coefficient (Wildman–Crippen LogP) is 0.489. The molecular formula is C10H17NO4. The highest BCUT2D eigenvalue weighted by Gasteiger charge is 2.33. The van der Waals surface area contributed by atoms with Crippen LogP contribution in [0.1, 0.15) is 26.2 Å². The van der Waals surface area contributed by atoms with E-state index in [2.05, 4.69) is 0 Å². The highest BCUT2D eigenvalue weighted by atomic mass is 16.5. The fraction of sp³-hybridized carbons (Fsp3) is 0.800. The zero-order chi connectivity index (χ0) is 11.3. The van der Waals surface area contributed by atoms with Gasteiger partial charge in [0.05, 0.1) is 13.0 Å². The molecule has 5 heteroatoms. The maximum absolute atomic E-state index is 11.6. The number of carbonyl (C=O) groups is 2. The Morgan fingerprint density at radius 1 is 1.53 bits per heavy atom. The first-order valence-electron chi connectivity index (χ1n) is 5.26. The van der Waals surface area contributed by atoms with Crippen molar-refractivity contribution in [2.75, 3.05) is 19.8 Å². The molecule has 0 spiro atoms. The maximum atomic E-state index is 11.6. The van der Waals surface area contributed by atoms with Crippen LogP contribution in [0.25, 0.3) is 0 Å². The van der Waals surface area contributed by atoms with Crippen LogP contribution >= 0.6 is 0 Å². The van der Waals surface area contributed by atoms with Gasteiger partial charge < -0.3 is 14.7 Å². The van der Waals surface area contributed by atoms with Gasteiger partial charge in [-0.05, 0) is 19.8 Å². The summed E-state index contributed by atoms with van der Waals surface area (Å²) in [7, 11) is 0. The molecule has 5 nitrogen and oxygen atoms in total. The second kappa shape index (κ2) is 5.70. The molecule has 0 aromatic heterocycles. The summed E-state index contributed by atoms with van der Waals surface area (Å²) in [6.07, 6.45) is 1.62. The summed E-state index contributed by atoms with van der Waals surface area (Å²) in [6.45, 7) is 3.37. The van der Waals surface area contributed by atoms with E-state index in [0.29, 0.717) is 26.2 Å². The topological polar surface area (TPSA) is 66.8 Å². The van der Waals surface area contributed by atoms with E-state index in [-0.39, 0.29) is 12.3 Å². The third-order valence-corrected chi connectivity index (χ3v) is 2.52. The average molecular weight is 215 g/mol. The highest BCUT2D eigenvalue weighted by Crippen LogP contribution is 2.18. The molecule has 86 valence electrons. The van der Waals surface area contributed by atoms with Crippen LogP contribution in [0.15, 0.2) is 0 Å². The largest absolute Gasteiger partial charge is 0.480 e. The molecule has 0 aliphatic carbocycles.